The first-order valence-electron chi connectivity index (χ1n) is 8.82. The van der Waals surface area contributed by atoms with Crippen LogP contribution < -0.4 is 10.2 Å². The number of amides is 2. The average Bonchev–Trinajstić information content (AvgIpc) is 3.17. The molecule has 0 unspecified atom stereocenters. The van der Waals surface area contributed by atoms with Crippen LogP contribution >= 0.6 is 11.3 Å². The summed E-state index contributed by atoms with van der Waals surface area (Å²) < 4.78 is 0. The SMILES string of the molecule is Cc1ccc(N2C(=O)C[C@@]2(C(=O)Nc2ccccc2C)c2ccsc2)cc1. The number of nitrogens with one attached hydrogen (secondary N) is 1. The van der Waals surface area contributed by atoms with Crippen LogP contribution in [0, 0.1) is 13.8 Å². The molecule has 1 fully saturated rings. The maximum Gasteiger partial charge on any atom is 0.255 e. The summed E-state index contributed by atoms with van der Waals surface area (Å²) in [6, 6.07) is 17.3. The fourth-order valence-electron chi connectivity index (χ4n) is 3.54. The minimum absolute atomic E-state index is 0.0509. The molecule has 0 spiro atoms. The van der Waals surface area contributed by atoms with E-state index in [1.54, 1.807) is 4.90 Å². The Kier molecular flexibility index (Phi) is 4.32. The van der Waals surface area contributed by atoms with Crippen LogP contribution in [-0.2, 0) is 15.1 Å². The van der Waals surface area contributed by atoms with E-state index in [0.29, 0.717) is 0 Å². The number of carbonyl (C=O) groups is 2. The maximum atomic E-state index is 13.5. The van der Waals surface area contributed by atoms with Gasteiger partial charge in [-0.1, -0.05) is 35.9 Å². The Hall–Kier alpha value is -2.92. The van der Waals surface area contributed by atoms with Gasteiger partial charge in [0.15, 0.2) is 5.54 Å². The Morgan fingerprint density at radius 2 is 1.81 bits per heavy atom. The number of β-lactam (4-membered cyclic amide) rings is 1. The van der Waals surface area contributed by atoms with Gasteiger partial charge in [0.25, 0.3) is 5.91 Å². The summed E-state index contributed by atoms with van der Waals surface area (Å²) in [5, 5.41) is 6.93. The zero-order valence-corrected chi connectivity index (χ0v) is 16.0. The molecule has 0 radical (unpaired) electrons. The molecule has 2 heterocycles. The highest BCUT2D eigenvalue weighted by Crippen LogP contribution is 2.46. The molecule has 2 aromatic carbocycles. The topological polar surface area (TPSA) is 49.4 Å². The summed E-state index contributed by atoms with van der Waals surface area (Å²) >= 11 is 1.53. The van der Waals surface area contributed by atoms with Gasteiger partial charge in [0, 0.05) is 11.4 Å². The quantitative estimate of drug-likeness (QED) is 0.675. The highest BCUT2D eigenvalue weighted by atomic mass is 32.1. The Morgan fingerprint density at radius 3 is 2.44 bits per heavy atom. The number of carbonyl (C=O) groups excluding carboxylic acids is 2. The Balaban J connectivity index is 1.77. The summed E-state index contributed by atoms with van der Waals surface area (Å²) in [6.45, 7) is 3.95. The maximum absolute atomic E-state index is 13.5. The van der Waals surface area contributed by atoms with Crippen molar-refractivity contribution in [2.45, 2.75) is 25.8 Å². The molecule has 3 aromatic rings. The van der Waals surface area contributed by atoms with E-state index in [1.807, 2.05) is 79.2 Å². The molecule has 4 nitrogen and oxygen atoms in total. The van der Waals surface area contributed by atoms with Crippen LogP contribution in [0.25, 0.3) is 0 Å². The van der Waals surface area contributed by atoms with E-state index in [2.05, 4.69) is 5.32 Å². The van der Waals surface area contributed by atoms with Crippen LogP contribution in [-0.4, -0.2) is 11.8 Å². The van der Waals surface area contributed by atoms with E-state index in [1.165, 1.54) is 11.3 Å². The molecule has 1 aliphatic rings. The predicted molar refractivity (Wildman–Crippen MR) is 109 cm³/mol. The molecule has 1 N–H and O–H groups in total. The lowest BCUT2D eigenvalue weighted by Crippen LogP contribution is -2.67. The first-order valence-corrected chi connectivity index (χ1v) is 9.76. The molecule has 0 saturated carbocycles. The second kappa shape index (κ2) is 6.67. The minimum Gasteiger partial charge on any atom is -0.323 e. The van der Waals surface area contributed by atoms with Crippen LogP contribution in [0.3, 0.4) is 0 Å². The van der Waals surface area contributed by atoms with E-state index >= 15 is 0 Å². The van der Waals surface area contributed by atoms with Crippen molar-refractivity contribution >= 4 is 34.5 Å². The van der Waals surface area contributed by atoms with Gasteiger partial charge in [0.05, 0.1) is 6.42 Å². The van der Waals surface area contributed by atoms with Crippen molar-refractivity contribution in [2.24, 2.45) is 0 Å². The predicted octanol–water partition coefficient (Wildman–Crippen LogP) is 4.64. The Labute approximate surface area is 162 Å². The number of aryl methyl sites for hydroxylation is 2. The summed E-state index contributed by atoms with van der Waals surface area (Å²) in [5.41, 5.74) is 3.42. The third kappa shape index (κ3) is 2.84. The van der Waals surface area contributed by atoms with Crippen molar-refractivity contribution in [3.63, 3.8) is 0 Å². The first-order chi connectivity index (χ1) is 13.0. The standard InChI is InChI=1S/C22H20N2O2S/c1-15-7-9-18(10-8-15)24-20(25)13-22(24,17-11-12-27-14-17)21(26)23-19-6-4-3-5-16(19)2/h3-12,14H,13H2,1-2H3,(H,23,26)/t22-/m0/s1. The van der Waals surface area contributed by atoms with E-state index in [0.717, 1.165) is 28.1 Å². The second-order valence-corrected chi connectivity index (χ2v) is 7.66. The van der Waals surface area contributed by atoms with Gasteiger partial charge in [-0.3, -0.25) is 14.5 Å². The molecular formula is C22H20N2O2S. The van der Waals surface area contributed by atoms with Gasteiger partial charge in [0.1, 0.15) is 0 Å². The fraction of sp³-hybridized carbons (Fsp3) is 0.182. The number of hydrogen-bond donors (Lipinski definition) is 1. The summed E-state index contributed by atoms with van der Waals surface area (Å²) in [4.78, 5) is 27.7. The highest BCUT2D eigenvalue weighted by Gasteiger charge is 2.58. The van der Waals surface area contributed by atoms with E-state index in [4.69, 9.17) is 0 Å². The summed E-state index contributed by atoms with van der Waals surface area (Å²) in [5.74, 6) is -0.236. The number of nitrogens with zero attached hydrogens (tertiary/aromatic N) is 1. The number of rotatable bonds is 4. The number of para-hydroxylation sites is 1. The third-order valence-corrected chi connectivity index (χ3v) is 5.78. The van der Waals surface area contributed by atoms with Crippen LogP contribution in [0.4, 0.5) is 11.4 Å². The van der Waals surface area contributed by atoms with Gasteiger partial charge in [-0.2, -0.15) is 11.3 Å². The molecule has 136 valence electrons. The van der Waals surface area contributed by atoms with Crippen molar-refractivity contribution in [2.75, 3.05) is 10.2 Å². The van der Waals surface area contributed by atoms with Crippen molar-refractivity contribution in [3.8, 4) is 0 Å². The van der Waals surface area contributed by atoms with E-state index in [9.17, 15) is 9.59 Å². The van der Waals surface area contributed by atoms with E-state index in [-0.39, 0.29) is 18.2 Å². The highest BCUT2D eigenvalue weighted by molar-refractivity contribution is 7.08. The van der Waals surface area contributed by atoms with Crippen LogP contribution in [0.15, 0.2) is 65.4 Å². The van der Waals surface area contributed by atoms with Crippen LogP contribution in [0.2, 0.25) is 0 Å². The largest absolute Gasteiger partial charge is 0.323 e. The van der Waals surface area contributed by atoms with Gasteiger partial charge >= 0.3 is 0 Å². The number of benzene rings is 2. The monoisotopic (exact) mass is 376 g/mol. The van der Waals surface area contributed by atoms with E-state index < -0.39 is 5.54 Å². The van der Waals surface area contributed by atoms with Gasteiger partial charge < -0.3 is 5.32 Å². The molecule has 1 atom stereocenters. The second-order valence-electron chi connectivity index (χ2n) is 6.88. The molecule has 5 heteroatoms. The average molecular weight is 376 g/mol. The van der Waals surface area contributed by atoms with Crippen LogP contribution in [0.1, 0.15) is 23.1 Å². The number of thiophene rings is 1. The third-order valence-electron chi connectivity index (χ3n) is 5.10. The van der Waals surface area contributed by atoms with Crippen LogP contribution in [0.5, 0.6) is 0 Å². The van der Waals surface area contributed by atoms with Gasteiger partial charge in [-0.15, -0.1) is 0 Å². The molecule has 2 amide bonds. The van der Waals surface area contributed by atoms with Crippen molar-refractivity contribution in [1.82, 2.24) is 0 Å². The van der Waals surface area contributed by atoms with Crippen molar-refractivity contribution in [3.05, 3.63) is 82.0 Å². The molecule has 4 rings (SSSR count). The molecule has 1 aromatic heterocycles. The Morgan fingerprint density at radius 1 is 1.07 bits per heavy atom. The zero-order valence-electron chi connectivity index (χ0n) is 15.2. The molecular weight excluding hydrogens is 356 g/mol. The lowest BCUT2D eigenvalue weighted by molar-refractivity contribution is -0.137. The zero-order chi connectivity index (χ0) is 19.0. The first kappa shape index (κ1) is 17.5. The number of hydrogen-bond acceptors (Lipinski definition) is 3. The minimum atomic E-state index is -1.02. The molecule has 1 aliphatic heterocycles. The lowest BCUT2D eigenvalue weighted by Gasteiger charge is -2.50. The normalized spacial score (nSPS) is 18.9. The molecule has 1 saturated heterocycles. The fourth-order valence-corrected chi connectivity index (χ4v) is 4.26. The number of anilines is 2. The Bertz CT molecular complexity index is 995. The molecule has 0 aliphatic carbocycles. The molecule has 27 heavy (non-hydrogen) atoms. The van der Waals surface area contributed by atoms with Crippen molar-refractivity contribution < 1.29 is 9.59 Å². The van der Waals surface area contributed by atoms with Gasteiger partial charge in [-0.05, 0) is 60.0 Å². The van der Waals surface area contributed by atoms with Crippen molar-refractivity contribution in [1.29, 1.82) is 0 Å². The molecule has 0 bridgehead atoms. The van der Waals surface area contributed by atoms with Gasteiger partial charge in [0.2, 0.25) is 5.91 Å². The summed E-state index contributed by atoms with van der Waals surface area (Å²) in [6.07, 6.45) is 0.162. The smallest absolute Gasteiger partial charge is 0.255 e. The summed E-state index contributed by atoms with van der Waals surface area (Å²) in [7, 11) is 0. The lowest BCUT2D eigenvalue weighted by atomic mass is 9.77. The van der Waals surface area contributed by atoms with Gasteiger partial charge in [-0.25, -0.2) is 0 Å².